The largest absolute Gasteiger partial charge is 0.484 e. The van der Waals surface area contributed by atoms with E-state index >= 15 is 0 Å². The molecule has 2 aromatic rings. The molecule has 0 aromatic heterocycles. The number of hydrogen-bond donors (Lipinski definition) is 0. The maximum absolute atomic E-state index is 12.7. The molecule has 0 radical (unpaired) electrons. The number of likely N-dealkylation sites (N-methyl/N-ethyl adjacent to an activating group) is 1. The average Bonchev–Trinajstić information content (AvgIpc) is 2.67. The van der Waals surface area contributed by atoms with Crippen molar-refractivity contribution in [3.8, 4) is 5.75 Å². The number of non-ortho nitro benzene ring substituents is 1. The first-order chi connectivity index (χ1) is 12.5. The SMILES string of the molecule is CN1CCN(C(=O)COc2ccc([N+](=O)[O-])cc2)C(c2ccccc2)C1. The Bertz CT molecular complexity index is 764. The normalized spacial score (nSPS) is 17.7. The van der Waals surface area contributed by atoms with E-state index in [1.165, 1.54) is 24.3 Å². The van der Waals surface area contributed by atoms with E-state index in [0.29, 0.717) is 12.3 Å². The van der Waals surface area contributed by atoms with Crippen LogP contribution in [-0.4, -0.2) is 53.9 Å². The summed E-state index contributed by atoms with van der Waals surface area (Å²) in [5, 5.41) is 10.7. The molecule has 0 saturated carbocycles. The van der Waals surface area contributed by atoms with Crippen molar-refractivity contribution in [2.24, 2.45) is 0 Å². The highest BCUT2D eigenvalue weighted by Crippen LogP contribution is 2.25. The van der Waals surface area contributed by atoms with Crippen molar-refractivity contribution in [1.29, 1.82) is 0 Å². The highest BCUT2D eigenvalue weighted by Gasteiger charge is 2.30. The summed E-state index contributed by atoms with van der Waals surface area (Å²) < 4.78 is 5.54. The Morgan fingerprint density at radius 3 is 2.50 bits per heavy atom. The lowest BCUT2D eigenvalue weighted by Crippen LogP contribution is -2.50. The third-order valence-corrected chi connectivity index (χ3v) is 4.50. The Kier molecular flexibility index (Phi) is 5.48. The summed E-state index contributed by atoms with van der Waals surface area (Å²) in [7, 11) is 2.05. The standard InChI is InChI=1S/C19H21N3O4/c1-20-11-12-21(18(13-20)15-5-3-2-4-6-15)19(23)14-26-17-9-7-16(8-10-17)22(24)25/h2-10,18H,11-14H2,1H3. The monoisotopic (exact) mass is 355 g/mol. The minimum atomic E-state index is -0.469. The molecule has 0 N–H and O–H groups in total. The van der Waals surface area contributed by atoms with Gasteiger partial charge in [0.1, 0.15) is 5.75 Å². The van der Waals surface area contributed by atoms with Crippen LogP contribution in [0.2, 0.25) is 0 Å². The smallest absolute Gasteiger partial charge is 0.269 e. The molecular weight excluding hydrogens is 334 g/mol. The maximum atomic E-state index is 12.7. The molecule has 1 saturated heterocycles. The van der Waals surface area contributed by atoms with Crippen molar-refractivity contribution >= 4 is 11.6 Å². The van der Waals surface area contributed by atoms with E-state index in [4.69, 9.17) is 4.74 Å². The predicted molar refractivity (Wildman–Crippen MR) is 97.0 cm³/mol. The van der Waals surface area contributed by atoms with Crippen molar-refractivity contribution in [3.05, 3.63) is 70.3 Å². The van der Waals surface area contributed by atoms with Gasteiger partial charge in [-0.3, -0.25) is 14.9 Å². The van der Waals surface area contributed by atoms with Crippen LogP contribution in [-0.2, 0) is 4.79 Å². The zero-order chi connectivity index (χ0) is 18.5. The van der Waals surface area contributed by atoms with Gasteiger partial charge in [-0.05, 0) is 24.7 Å². The molecule has 1 amide bonds. The summed E-state index contributed by atoms with van der Waals surface area (Å²) in [5.41, 5.74) is 1.09. The Morgan fingerprint density at radius 1 is 1.15 bits per heavy atom. The van der Waals surface area contributed by atoms with Gasteiger partial charge in [-0.2, -0.15) is 0 Å². The van der Waals surface area contributed by atoms with Crippen molar-refractivity contribution in [2.75, 3.05) is 33.3 Å². The lowest BCUT2D eigenvalue weighted by molar-refractivity contribution is -0.384. The molecule has 7 nitrogen and oxygen atoms in total. The fourth-order valence-electron chi connectivity index (χ4n) is 3.07. The Labute approximate surface area is 151 Å². The number of nitrogens with zero attached hydrogens (tertiary/aromatic N) is 3. The summed E-state index contributed by atoms with van der Waals surface area (Å²) in [5.74, 6) is 0.347. The number of carbonyl (C=O) groups is 1. The van der Waals surface area contributed by atoms with Crippen LogP contribution < -0.4 is 4.74 Å². The number of amides is 1. The van der Waals surface area contributed by atoms with Gasteiger partial charge in [0.2, 0.25) is 0 Å². The van der Waals surface area contributed by atoms with Gasteiger partial charge in [-0.15, -0.1) is 0 Å². The van der Waals surface area contributed by atoms with Gasteiger partial charge in [0, 0.05) is 31.8 Å². The Hall–Kier alpha value is -2.93. The second-order valence-electron chi connectivity index (χ2n) is 6.32. The van der Waals surface area contributed by atoms with Crippen LogP contribution in [0.4, 0.5) is 5.69 Å². The summed E-state index contributed by atoms with van der Waals surface area (Å²) >= 11 is 0. The molecular formula is C19H21N3O4. The maximum Gasteiger partial charge on any atom is 0.269 e. The first kappa shape index (κ1) is 17.9. The molecule has 1 aliphatic heterocycles. The van der Waals surface area contributed by atoms with Crippen LogP contribution in [0.3, 0.4) is 0 Å². The lowest BCUT2D eigenvalue weighted by atomic mass is 10.0. The molecule has 0 aliphatic carbocycles. The van der Waals surface area contributed by atoms with E-state index in [9.17, 15) is 14.9 Å². The molecule has 1 fully saturated rings. The van der Waals surface area contributed by atoms with E-state index in [0.717, 1.165) is 18.7 Å². The summed E-state index contributed by atoms with van der Waals surface area (Å²) in [6, 6.07) is 15.7. The number of ether oxygens (including phenoxy) is 1. The van der Waals surface area contributed by atoms with Crippen LogP contribution >= 0.6 is 0 Å². The lowest BCUT2D eigenvalue weighted by Gasteiger charge is -2.40. The molecule has 1 aliphatic rings. The van der Waals surface area contributed by atoms with Crippen LogP contribution in [0, 0.1) is 10.1 Å². The minimum absolute atomic E-state index is 0.00751. The number of nitro groups is 1. The number of piperazine rings is 1. The van der Waals surface area contributed by atoms with Crippen molar-refractivity contribution < 1.29 is 14.5 Å². The third kappa shape index (κ3) is 4.18. The van der Waals surface area contributed by atoms with Crippen molar-refractivity contribution in [1.82, 2.24) is 9.80 Å². The van der Waals surface area contributed by atoms with Crippen LogP contribution in [0.15, 0.2) is 54.6 Å². The number of hydrogen-bond acceptors (Lipinski definition) is 5. The number of rotatable bonds is 5. The molecule has 136 valence electrons. The molecule has 3 rings (SSSR count). The minimum Gasteiger partial charge on any atom is -0.484 e. The topological polar surface area (TPSA) is 75.9 Å². The molecule has 1 atom stereocenters. The molecule has 0 spiro atoms. The van der Waals surface area contributed by atoms with Crippen molar-refractivity contribution in [2.45, 2.75) is 6.04 Å². The van der Waals surface area contributed by atoms with Gasteiger partial charge in [-0.1, -0.05) is 30.3 Å². The van der Waals surface area contributed by atoms with Gasteiger partial charge >= 0.3 is 0 Å². The zero-order valence-electron chi connectivity index (χ0n) is 14.6. The average molecular weight is 355 g/mol. The molecule has 7 heteroatoms. The number of benzene rings is 2. The van der Waals surface area contributed by atoms with Crippen LogP contribution in [0.1, 0.15) is 11.6 Å². The Morgan fingerprint density at radius 2 is 1.85 bits per heavy atom. The van der Waals surface area contributed by atoms with Gasteiger partial charge in [0.05, 0.1) is 11.0 Å². The highest BCUT2D eigenvalue weighted by molar-refractivity contribution is 5.78. The number of nitro benzene ring substituents is 1. The van der Waals surface area contributed by atoms with E-state index in [-0.39, 0.29) is 24.2 Å². The molecule has 1 unspecified atom stereocenters. The van der Waals surface area contributed by atoms with E-state index in [2.05, 4.69) is 4.90 Å². The van der Waals surface area contributed by atoms with Crippen LogP contribution in [0.25, 0.3) is 0 Å². The first-order valence-electron chi connectivity index (χ1n) is 8.45. The van der Waals surface area contributed by atoms with E-state index in [1.807, 2.05) is 42.3 Å². The van der Waals surface area contributed by atoms with E-state index in [1.54, 1.807) is 0 Å². The quantitative estimate of drug-likeness (QED) is 0.608. The summed E-state index contributed by atoms with van der Waals surface area (Å²) in [6.07, 6.45) is 0. The van der Waals surface area contributed by atoms with Gasteiger partial charge in [-0.25, -0.2) is 0 Å². The molecule has 0 bridgehead atoms. The number of carbonyl (C=O) groups excluding carboxylic acids is 1. The fourth-order valence-corrected chi connectivity index (χ4v) is 3.07. The zero-order valence-corrected chi connectivity index (χ0v) is 14.6. The van der Waals surface area contributed by atoms with Gasteiger partial charge in [0.15, 0.2) is 6.61 Å². The molecule has 2 aromatic carbocycles. The fraction of sp³-hybridized carbons (Fsp3) is 0.316. The van der Waals surface area contributed by atoms with Gasteiger partial charge < -0.3 is 14.5 Å². The van der Waals surface area contributed by atoms with E-state index < -0.39 is 4.92 Å². The highest BCUT2D eigenvalue weighted by atomic mass is 16.6. The second kappa shape index (κ2) is 7.97. The van der Waals surface area contributed by atoms with Crippen molar-refractivity contribution in [3.63, 3.8) is 0 Å². The molecule has 26 heavy (non-hydrogen) atoms. The van der Waals surface area contributed by atoms with Crippen LogP contribution in [0.5, 0.6) is 5.75 Å². The summed E-state index contributed by atoms with van der Waals surface area (Å²) in [6.45, 7) is 2.13. The summed E-state index contributed by atoms with van der Waals surface area (Å²) in [4.78, 5) is 27.0. The molecule has 1 heterocycles. The second-order valence-corrected chi connectivity index (χ2v) is 6.32. The van der Waals surface area contributed by atoms with Gasteiger partial charge in [0.25, 0.3) is 11.6 Å². The Balaban J connectivity index is 1.66. The first-order valence-corrected chi connectivity index (χ1v) is 8.45. The predicted octanol–water partition coefficient (Wildman–Crippen LogP) is 2.49. The third-order valence-electron chi connectivity index (χ3n) is 4.50.